The van der Waals surface area contributed by atoms with Gasteiger partial charge in [-0.15, -0.1) is 0 Å². The second-order valence-electron chi connectivity index (χ2n) is 4.17. The number of hydrogen-bond donors (Lipinski definition) is 3. The zero-order valence-corrected chi connectivity index (χ0v) is 10.8. The lowest BCUT2D eigenvalue weighted by molar-refractivity contribution is 0.201. The van der Waals surface area contributed by atoms with Crippen LogP contribution >= 0.6 is 0 Å². The third kappa shape index (κ3) is 2.87. The molecule has 0 aliphatic rings. The standard InChI is InChI=1S/C12H19F2N3O/c1-4-12(5-2,7-18)17-11-9(14)6-8(13)10(15-3)16-11/h6,18H,4-5,7H2,1-3H3,(H2,15,16,17). The summed E-state index contributed by atoms with van der Waals surface area (Å²) in [6, 6.07) is 0.772. The number of hydrogen-bond acceptors (Lipinski definition) is 4. The molecule has 0 saturated heterocycles. The van der Waals surface area contributed by atoms with Gasteiger partial charge in [0.05, 0.1) is 12.1 Å². The first-order valence-electron chi connectivity index (χ1n) is 5.94. The fourth-order valence-corrected chi connectivity index (χ4v) is 1.67. The molecular weight excluding hydrogens is 240 g/mol. The maximum absolute atomic E-state index is 13.6. The van der Waals surface area contributed by atoms with Crippen molar-refractivity contribution in [3.63, 3.8) is 0 Å². The SMILES string of the molecule is CCC(CC)(CO)Nc1nc(NC)c(F)cc1F. The molecule has 1 heterocycles. The molecule has 3 N–H and O–H groups in total. The van der Waals surface area contributed by atoms with Crippen LogP contribution in [0.4, 0.5) is 20.4 Å². The summed E-state index contributed by atoms with van der Waals surface area (Å²) in [6.07, 6.45) is 1.21. The number of aliphatic hydroxyl groups is 1. The summed E-state index contributed by atoms with van der Waals surface area (Å²) < 4.78 is 26.9. The van der Waals surface area contributed by atoms with Gasteiger partial charge in [0.15, 0.2) is 23.3 Å². The van der Waals surface area contributed by atoms with Crippen LogP contribution in [-0.2, 0) is 0 Å². The fraction of sp³-hybridized carbons (Fsp3) is 0.583. The molecule has 0 aliphatic heterocycles. The highest BCUT2D eigenvalue weighted by atomic mass is 19.1. The minimum absolute atomic E-state index is 0.0297. The van der Waals surface area contributed by atoms with Crippen molar-refractivity contribution in [2.75, 3.05) is 24.3 Å². The summed E-state index contributed by atoms with van der Waals surface area (Å²) in [5, 5.41) is 14.8. The Hall–Kier alpha value is -1.43. The summed E-state index contributed by atoms with van der Waals surface area (Å²) in [5.74, 6) is -1.61. The lowest BCUT2D eigenvalue weighted by atomic mass is 9.94. The first-order valence-corrected chi connectivity index (χ1v) is 5.94. The van der Waals surface area contributed by atoms with Gasteiger partial charge in [0.25, 0.3) is 0 Å². The van der Waals surface area contributed by atoms with E-state index < -0.39 is 17.2 Å². The van der Waals surface area contributed by atoms with Gasteiger partial charge in [-0.2, -0.15) is 0 Å². The van der Waals surface area contributed by atoms with Crippen LogP contribution < -0.4 is 10.6 Å². The first-order chi connectivity index (χ1) is 8.51. The van der Waals surface area contributed by atoms with Crippen molar-refractivity contribution in [1.82, 2.24) is 4.98 Å². The molecule has 0 unspecified atom stereocenters. The van der Waals surface area contributed by atoms with Gasteiger partial charge < -0.3 is 15.7 Å². The number of aliphatic hydroxyl groups excluding tert-OH is 1. The van der Waals surface area contributed by atoms with Crippen LogP contribution in [0.2, 0.25) is 0 Å². The molecule has 0 atom stereocenters. The predicted molar refractivity (Wildman–Crippen MR) is 67.7 cm³/mol. The molecule has 18 heavy (non-hydrogen) atoms. The van der Waals surface area contributed by atoms with Gasteiger partial charge in [-0.3, -0.25) is 0 Å². The van der Waals surface area contributed by atoms with E-state index in [-0.39, 0.29) is 18.2 Å². The van der Waals surface area contributed by atoms with Gasteiger partial charge >= 0.3 is 0 Å². The molecule has 4 nitrogen and oxygen atoms in total. The topological polar surface area (TPSA) is 57.2 Å². The minimum atomic E-state index is -0.772. The van der Waals surface area contributed by atoms with E-state index in [1.165, 1.54) is 7.05 Å². The highest BCUT2D eigenvalue weighted by molar-refractivity contribution is 5.48. The number of pyridine rings is 1. The normalized spacial score (nSPS) is 11.4. The molecular formula is C12H19F2N3O. The zero-order valence-electron chi connectivity index (χ0n) is 10.8. The zero-order chi connectivity index (χ0) is 13.8. The molecule has 6 heteroatoms. The van der Waals surface area contributed by atoms with Gasteiger partial charge in [-0.1, -0.05) is 13.8 Å². The molecule has 0 radical (unpaired) electrons. The number of halogens is 2. The van der Waals surface area contributed by atoms with E-state index in [1.807, 2.05) is 13.8 Å². The number of aromatic nitrogens is 1. The van der Waals surface area contributed by atoms with Crippen LogP contribution in [0.3, 0.4) is 0 Å². The largest absolute Gasteiger partial charge is 0.394 e. The van der Waals surface area contributed by atoms with Crippen molar-refractivity contribution < 1.29 is 13.9 Å². The van der Waals surface area contributed by atoms with Gasteiger partial charge in [0.1, 0.15) is 0 Å². The third-order valence-electron chi connectivity index (χ3n) is 3.21. The fourth-order valence-electron chi connectivity index (χ4n) is 1.67. The molecule has 0 aromatic carbocycles. The van der Waals surface area contributed by atoms with Crippen molar-refractivity contribution in [3.05, 3.63) is 17.7 Å². The van der Waals surface area contributed by atoms with Gasteiger partial charge in [-0.05, 0) is 12.8 Å². The summed E-state index contributed by atoms with van der Waals surface area (Å²) in [7, 11) is 1.51. The van der Waals surface area contributed by atoms with Crippen LogP contribution in [-0.4, -0.2) is 29.3 Å². The van der Waals surface area contributed by atoms with Crippen LogP contribution in [0.1, 0.15) is 26.7 Å². The Morgan fingerprint density at radius 1 is 1.22 bits per heavy atom. The van der Waals surface area contributed by atoms with Gasteiger partial charge in [-0.25, -0.2) is 13.8 Å². The Morgan fingerprint density at radius 2 is 1.78 bits per heavy atom. The van der Waals surface area contributed by atoms with E-state index in [2.05, 4.69) is 15.6 Å². The summed E-state index contributed by atoms with van der Waals surface area (Å²) in [6.45, 7) is 3.62. The van der Waals surface area contributed by atoms with Crippen molar-refractivity contribution in [2.45, 2.75) is 32.2 Å². The van der Waals surface area contributed by atoms with Crippen molar-refractivity contribution in [1.29, 1.82) is 0 Å². The molecule has 0 amide bonds. The Balaban J connectivity index is 3.10. The number of rotatable bonds is 6. The summed E-state index contributed by atoms with van der Waals surface area (Å²) >= 11 is 0. The number of nitrogens with zero attached hydrogens (tertiary/aromatic N) is 1. The Bertz CT molecular complexity index is 400. The predicted octanol–water partition coefficient (Wildman–Crippen LogP) is 2.36. The molecule has 0 fully saturated rings. The Morgan fingerprint density at radius 3 is 2.22 bits per heavy atom. The van der Waals surface area contributed by atoms with E-state index >= 15 is 0 Å². The maximum Gasteiger partial charge on any atom is 0.168 e. The van der Waals surface area contributed by atoms with Crippen LogP contribution in [0.25, 0.3) is 0 Å². The lowest BCUT2D eigenvalue weighted by Gasteiger charge is -2.31. The van der Waals surface area contributed by atoms with Crippen LogP contribution in [0.5, 0.6) is 0 Å². The van der Waals surface area contributed by atoms with E-state index in [4.69, 9.17) is 0 Å². The highest BCUT2D eigenvalue weighted by Gasteiger charge is 2.27. The molecule has 102 valence electrons. The van der Waals surface area contributed by atoms with Crippen molar-refractivity contribution >= 4 is 11.6 Å². The maximum atomic E-state index is 13.6. The lowest BCUT2D eigenvalue weighted by Crippen LogP contribution is -2.41. The Labute approximate surface area is 105 Å². The van der Waals surface area contributed by atoms with E-state index in [9.17, 15) is 13.9 Å². The molecule has 0 saturated carbocycles. The van der Waals surface area contributed by atoms with Crippen LogP contribution in [0.15, 0.2) is 6.07 Å². The van der Waals surface area contributed by atoms with E-state index in [0.29, 0.717) is 12.8 Å². The second-order valence-corrected chi connectivity index (χ2v) is 4.17. The summed E-state index contributed by atoms with van der Waals surface area (Å²) in [5.41, 5.74) is -0.642. The molecule has 0 bridgehead atoms. The molecule has 1 aromatic rings. The average Bonchev–Trinajstić information content (AvgIpc) is 2.38. The average molecular weight is 259 g/mol. The summed E-state index contributed by atoms with van der Waals surface area (Å²) in [4.78, 5) is 3.84. The van der Waals surface area contributed by atoms with Gasteiger partial charge in [0, 0.05) is 13.1 Å². The number of anilines is 2. The monoisotopic (exact) mass is 259 g/mol. The van der Waals surface area contributed by atoms with Crippen molar-refractivity contribution in [2.24, 2.45) is 0 Å². The smallest absolute Gasteiger partial charge is 0.168 e. The van der Waals surface area contributed by atoms with E-state index in [1.54, 1.807) is 0 Å². The molecule has 1 aromatic heterocycles. The van der Waals surface area contributed by atoms with Gasteiger partial charge in [0.2, 0.25) is 0 Å². The molecule has 1 rings (SSSR count). The number of nitrogens with one attached hydrogen (secondary N) is 2. The van der Waals surface area contributed by atoms with Crippen molar-refractivity contribution in [3.8, 4) is 0 Å². The van der Waals surface area contributed by atoms with Crippen LogP contribution in [0, 0.1) is 11.6 Å². The third-order valence-corrected chi connectivity index (χ3v) is 3.21. The second kappa shape index (κ2) is 5.95. The molecule has 0 aliphatic carbocycles. The van der Waals surface area contributed by atoms with E-state index in [0.717, 1.165) is 6.07 Å². The minimum Gasteiger partial charge on any atom is -0.394 e. The first kappa shape index (κ1) is 14.6. The quantitative estimate of drug-likeness (QED) is 0.734. The highest BCUT2D eigenvalue weighted by Crippen LogP contribution is 2.25. The Kier molecular flexibility index (Phi) is 4.84. The molecule has 0 spiro atoms.